The molecule has 0 aliphatic rings. The van der Waals surface area contributed by atoms with E-state index in [1.54, 1.807) is 6.92 Å². The van der Waals surface area contributed by atoms with Gasteiger partial charge in [0, 0.05) is 36.3 Å². The zero-order valence-corrected chi connectivity index (χ0v) is 16.8. The van der Waals surface area contributed by atoms with E-state index < -0.39 is 13.0 Å². The summed E-state index contributed by atoms with van der Waals surface area (Å²) in [4.78, 5) is 16.9. The zero-order valence-electron chi connectivity index (χ0n) is 14.4. The van der Waals surface area contributed by atoms with Crippen molar-refractivity contribution in [2.45, 2.75) is 20.8 Å². The number of nitrogens with zero attached hydrogens (tertiary/aromatic N) is 4. The van der Waals surface area contributed by atoms with Gasteiger partial charge in [-0.2, -0.15) is 0 Å². The number of halogens is 3. The number of rotatable bonds is 4. The minimum absolute atomic E-state index is 0.0375. The maximum Gasteiger partial charge on any atom is 0.188 e. The fourth-order valence-electron chi connectivity index (χ4n) is 2.58. The van der Waals surface area contributed by atoms with Gasteiger partial charge in [0.05, 0.1) is 21.3 Å². The molecule has 0 amide bonds. The molecule has 5 nitrogen and oxygen atoms in total. The van der Waals surface area contributed by atoms with Crippen molar-refractivity contribution >= 4 is 46.9 Å². The average molecular weight is 413 g/mol. The van der Waals surface area contributed by atoms with Gasteiger partial charge >= 0.3 is 0 Å². The number of pyridine rings is 2. The summed E-state index contributed by atoms with van der Waals surface area (Å²) in [5.41, 5.74) is 1.81. The predicted octanol–water partition coefficient (Wildman–Crippen LogP) is 4.87. The Hall–Kier alpha value is -1.62. The molecule has 3 aromatic rings. The lowest BCUT2D eigenvalue weighted by molar-refractivity contribution is 0.581. The highest BCUT2D eigenvalue weighted by Gasteiger charge is 2.24. The third-order valence-electron chi connectivity index (χ3n) is 4.26. The first-order valence-electron chi connectivity index (χ1n) is 8.03. The summed E-state index contributed by atoms with van der Waals surface area (Å²) >= 11 is 12.4. The summed E-state index contributed by atoms with van der Waals surface area (Å²) < 4.78 is 27.2. The lowest BCUT2D eigenvalue weighted by atomic mass is 10.2. The highest BCUT2D eigenvalue weighted by atomic mass is 35.5. The Kier molecular flexibility index (Phi) is 5.29. The molecule has 0 unspecified atom stereocenters. The van der Waals surface area contributed by atoms with Crippen molar-refractivity contribution in [1.82, 2.24) is 19.9 Å². The van der Waals surface area contributed by atoms with Crippen molar-refractivity contribution in [2.75, 3.05) is 12.3 Å². The first kappa shape index (κ1) is 19.2. The number of fused-ring (bicyclic) bond motifs is 1. The number of aryl methyl sites for hydroxylation is 1. The topological polar surface area (TPSA) is 68.6 Å². The van der Waals surface area contributed by atoms with E-state index in [-0.39, 0.29) is 15.7 Å². The van der Waals surface area contributed by atoms with Gasteiger partial charge in [0.25, 0.3) is 0 Å². The first-order chi connectivity index (χ1) is 12.3. The SMILES string of the molecule is CCP(=O)(CC)c1ncc(-c2nc3c(Cl)c(Cl)c(C)nc3cc2F)cn1. The van der Waals surface area contributed by atoms with E-state index in [9.17, 15) is 8.96 Å². The molecule has 0 fully saturated rings. The van der Waals surface area contributed by atoms with E-state index in [0.717, 1.165) is 0 Å². The van der Waals surface area contributed by atoms with Crippen molar-refractivity contribution in [3.8, 4) is 11.3 Å². The van der Waals surface area contributed by atoms with E-state index in [2.05, 4.69) is 19.9 Å². The van der Waals surface area contributed by atoms with Gasteiger partial charge in [-0.3, -0.25) is 0 Å². The fraction of sp³-hybridized carbons (Fsp3) is 0.294. The van der Waals surface area contributed by atoms with Crippen LogP contribution in [0.5, 0.6) is 0 Å². The Morgan fingerprint density at radius 2 is 1.69 bits per heavy atom. The largest absolute Gasteiger partial charge is 0.315 e. The van der Waals surface area contributed by atoms with Crippen molar-refractivity contribution < 1.29 is 8.96 Å². The molecule has 0 saturated carbocycles. The fourth-order valence-corrected chi connectivity index (χ4v) is 4.54. The van der Waals surface area contributed by atoms with Gasteiger partial charge in [-0.25, -0.2) is 24.3 Å². The van der Waals surface area contributed by atoms with Crippen LogP contribution in [0.2, 0.25) is 10.0 Å². The number of hydrogen-bond donors (Lipinski definition) is 0. The minimum atomic E-state index is -2.60. The lowest BCUT2D eigenvalue weighted by Gasteiger charge is -2.12. The molecule has 0 aromatic carbocycles. The molecule has 0 aliphatic carbocycles. The van der Waals surface area contributed by atoms with E-state index in [0.29, 0.717) is 40.2 Å². The van der Waals surface area contributed by atoms with Crippen LogP contribution < -0.4 is 5.57 Å². The molecule has 9 heteroatoms. The molecule has 0 radical (unpaired) electrons. The number of hydrogen-bond acceptors (Lipinski definition) is 5. The first-order valence-corrected chi connectivity index (χ1v) is 10.9. The summed E-state index contributed by atoms with van der Waals surface area (Å²) in [5.74, 6) is -0.576. The molecular formula is C17H16Cl2FN4OP. The Bertz CT molecular complexity index is 1040. The Labute approximate surface area is 160 Å². The third kappa shape index (κ3) is 3.22. The van der Waals surface area contributed by atoms with E-state index in [1.807, 2.05) is 13.8 Å². The van der Waals surface area contributed by atoms with Gasteiger partial charge in [0.2, 0.25) is 0 Å². The van der Waals surface area contributed by atoms with Crippen molar-refractivity contribution in [2.24, 2.45) is 0 Å². The molecule has 0 N–H and O–H groups in total. The standard InChI is InChI=1S/C17H16Cl2FN4OP/c1-4-26(25,5-2)17-21-7-10(8-22-17)15-11(20)6-12-16(24-15)14(19)13(18)9(3)23-12/h6-8H,4-5H2,1-3H3. The van der Waals surface area contributed by atoms with Crippen LogP contribution in [0.4, 0.5) is 4.39 Å². The maximum absolute atomic E-state index is 14.5. The van der Waals surface area contributed by atoms with Crippen molar-refractivity contribution in [1.29, 1.82) is 0 Å². The summed E-state index contributed by atoms with van der Waals surface area (Å²) in [6, 6.07) is 1.25. The second kappa shape index (κ2) is 7.18. The van der Waals surface area contributed by atoms with Gasteiger partial charge in [0.15, 0.2) is 18.5 Å². The second-order valence-corrected chi connectivity index (χ2v) is 10.0. The highest BCUT2D eigenvalue weighted by Crippen LogP contribution is 2.41. The Balaban J connectivity index is 2.14. The Morgan fingerprint density at radius 1 is 1.08 bits per heavy atom. The average Bonchev–Trinajstić information content (AvgIpc) is 2.65. The van der Waals surface area contributed by atoms with E-state index in [1.165, 1.54) is 18.5 Å². The third-order valence-corrected chi connectivity index (χ3v) is 8.19. The van der Waals surface area contributed by atoms with Gasteiger partial charge in [0.1, 0.15) is 11.2 Å². The van der Waals surface area contributed by atoms with Crippen LogP contribution in [-0.4, -0.2) is 32.3 Å². The monoisotopic (exact) mass is 412 g/mol. The predicted molar refractivity (Wildman–Crippen MR) is 104 cm³/mol. The van der Waals surface area contributed by atoms with Crippen LogP contribution >= 0.6 is 30.3 Å². The minimum Gasteiger partial charge on any atom is -0.315 e. The molecule has 0 aliphatic heterocycles. The smallest absolute Gasteiger partial charge is 0.188 e. The molecule has 136 valence electrons. The Morgan fingerprint density at radius 3 is 2.27 bits per heavy atom. The molecule has 3 heterocycles. The molecule has 3 rings (SSSR count). The summed E-state index contributed by atoms with van der Waals surface area (Å²) in [5, 5.41) is 0.497. The van der Waals surface area contributed by atoms with Crippen molar-refractivity contribution in [3.63, 3.8) is 0 Å². The van der Waals surface area contributed by atoms with Crippen LogP contribution in [0, 0.1) is 12.7 Å². The lowest BCUT2D eigenvalue weighted by Crippen LogP contribution is -2.16. The van der Waals surface area contributed by atoms with Crippen LogP contribution in [0.3, 0.4) is 0 Å². The van der Waals surface area contributed by atoms with Gasteiger partial charge in [-0.1, -0.05) is 37.0 Å². The molecular weight excluding hydrogens is 397 g/mol. The normalized spacial score (nSPS) is 11.9. The molecule has 0 spiro atoms. The van der Waals surface area contributed by atoms with Crippen LogP contribution in [0.1, 0.15) is 19.5 Å². The van der Waals surface area contributed by atoms with E-state index >= 15 is 0 Å². The maximum atomic E-state index is 14.5. The van der Waals surface area contributed by atoms with Crippen LogP contribution in [0.25, 0.3) is 22.3 Å². The molecule has 0 bridgehead atoms. The highest BCUT2D eigenvalue weighted by molar-refractivity contribution is 7.71. The second-order valence-electron chi connectivity index (χ2n) is 5.81. The molecule has 3 aromatic heterocycles. The summed E-state index contributed by atoms with van der Waals surface area (Å²) in [6.45, 7) is 5.37. The summed E-state index contributed by atoms with van der Waals surface area (Å²) in [6.07, 6.45) is 3.80. The molecule has 26 heavy (non-hydrogen) atoms. The molecule has 0 saturated heterocycles. The zero-order chi connectivity index (χ0) is 19.1. The van der Waals surface area contributed by atoms with Gasteiger partial charge in [-0.05, 0) is 6.92 Å². The van der Waals surface area contributed by atoms with Crippen molar-refractivity contribution in [3.05, 3.63) is 40.0 Å². The van der Waals surface area contributed by atoms with Gasteiger partial charge < -0.3 is 4.57 Å². The van der Waals surface area contributed by atoms with Crippen LogP contribution in [0.15, 0.2) is 18.5 Å². The number of aromatic nitrogens is 4. The quantitative estimate of drug-likeness (QED) is 0.571. The van der Waals surface area contributed by atoms with Gasteiger partial charge in [-0.15, -0.1) is 0 Å². The van der Waals surface area contributed by atoms with Crippen LogP contribution in [-0.2, 0) is 4.57 Å². The van der Waals surface area contributed by atoms with E-state index in [4.69, 9.17) is 23.2 Å². The summed E-state index contributed by atoms with van der Waals surface area (Å²) in [7, 11) is -2.60. The molecule has 0 atom stereocenters.